The van der Waals surface area contributed by atoms with Crippen molar-refractivity contribution in [2.45, 2.75) is 12.0 Å². The Morgan fingerprint density at radius 2 is 1.47 bits per heavy atom. The van der Waals surface area contributed by atoms with Crippen molar-refractivity contribution in [3.63, 3.8) is 0 Å². The second-order valence-electron chi connectivity index (χ2n) is 8.25. The number of rotatable bonds is 6. The van der Waals surface area contributed by atoms with Gasteiger partial charge in [0.1, 0.15) is 11.9 Å². The molecule has 1 fully saturated rings. The highest BCUT2D eigenvalue weighted by Gasteiger charge is 2.42. The van der Waals surface area contributed by atoms with E-state index in [1.54, 1.807) is 54.0 Å². The van der Waals surface area contributed by atoms with E-state index >= 15 is 0 Å². The van der Waals surface area contributed by atoms with Crippen molar-refractivity contribution in [3.8, 4) is 6.07 Å². The van der Waals surface area contributed by atoms with Gasteiger partial charge in [0.2, 0.25) is 0 Å². The molecule has 1 amide bonds. The number of ketones is 1. The van der Waals surface area contributed by atoms with Gasteiger partial charge in [-0.3, -0.25) is 24.5 Å². The van der Waals surface area contributed by atoms with E-state index in [0.29, 0.717) is 22.6 Å². The zero-order chi connectivity index (χ0) is 24.9. The van der Waals surface area contributed by atoms with Gasteiger partial charge in [0.25, 0.3) is 5.91 Å². The molecule has 1 unspecified atom stereocenters. The molecule has 1 aliphatic heterocycles. The van der Waals surface area contributed by atoms with Gasteiger partial charge in [-0.05, 0) is 71.8 Å². The van der Waals surface area contributed by atoms with Crippen LogP contribution in [0.1, 0.15) is 33.0 Å². The second-order valence-corrected chi connectivity index (χ2v) is 8.25. The van der Waals surface area contributed by atoms with Gasteiger partial charge in [-0.1, -0.05) is 18.2 Å². The van der Waals surface area contributed by atoms with Gasteiger partial charge >= 0.3 is 0 Å². The highest BCUT2D eigenvalue weighted by Crippen LogP contribution is 2.35. The molecule has 0 spiro atoms. The maximum absolute atomic E-state index is 13.9. The summed E-state index contributed by atoms with van der Waals surface area (Å²) in [6.07, 6.45) is 8.22. The first-order chi connectivity index (χ1) is 17.7. The highest BCUT2D eigenvalue weighted by atomic mass is 16.2. The molecule has 0 bridgehead atoms. The number of carbonyl (C=O) groups excluding carboxylic acids is 2. The van der Waals surface area contributed by atoms with Crippen LogP contribution in [-0.4, -0.2) is 27.7 Å². The predicted molar refractivity (Wildman–Crippen MR) is 135 cm³/mol. The Balaban J connectivity index is 1.58. The van der Waals surface area contributed by atoms with Crippen LogP contribution in [0.5, 0.6) is 0 Å². The number of pyridine rings is 2. The normalized spacial score (nSPS) is 16.1. The summed E-state index contributed by atoms with van der Waals surface area (Å²) in [5, 5.41) is 12.4. The number of allylic oxidation sites excluding steroid dienone is 1. The van der Waals surface area contributed by atoms with Crippen molar-refractivity contribution in [1.82, 2.24) is 15.3 Å². The van der Waals surface area contributed by atoms with E-state index in [0.717, 1.165) is 11.1 Å². The highest BCUT2D eigenvalue weighted by molar-refractivity contribution is 6.09. The molecule has 1 saturated heterocycles. The van der Waals surface area contributed by atoms with Crippen LogP contribution in [0.4, 0.5) is 5.69 Å². The summed E-state index contributed by atoms with van der Waals surface area (Å²) in [5.41, 5.74) is 3.37. The molecule has 3 heterocycles. The first-order valence-corrected chi connectivity index (χ1v) is 11.4. The van der Waals surface area contributed by atoms with Gasteiger partial charge in [0.15, 0.2) is 5.78 Å². The molecule has 2 aromatic heterocycles. The largest absolute Gasteiger partial charge is 0.359 e. The summed E-state index contributed by atoms with van der Waals surface area (Å²) >= 11 is 0. The lowest BCUT2D eigenvalue weighted by atomic mass is 9.86. The number of hydrogen-bond acceptors (Lipinski definition) is 6. The summed E-state index contributed by atoms with van der Waals surface area (Å²) in [7, 11) is 0. The van der Waals surface area contributed by atoms with Crippen LogP contribution in [0, 0.1) is 11.3 Å². The van der Waals surface area contributed by atoms with E-state index in [1.807, 2.05) is 60.7 Å². The third-order valence-corrected chi connectivity index (χ3v) is 6.08. The molecule has 174 valence electrons. The second kappa shape index (κ2) is 10.0. The van der Waals surface area contributed by atoms with Crippen LogP contribution < -0.4 is 10.2 Å². The number of carbonyl (C=O) groups is 2. The van der Waals surface area contributed by atoms with E-state index in [1.165, 1.54) is 6.08 Å². The Kier molecular flexibility index (Phi) is 6.33. The predicted octanol–water partition coefficient (Wildman–Crippen LogP) is 4.21. The third kappa shape index (κ3) is 4.48. The third-order valence-electron chi connectivity index (χ3n) is 6.08. The number of anilines is 1. The van der Waals surface area contributed by atoms with Gasteiger partial charge in [0.05, 0.1) is 17.3 Å². The maximum Gasteiger partial charge on any atom is 0.256 e. The summed E-state index contributed by atoms with van der Waals surface area (Å²) in [6, 6.07) is 24.6. The summed E-state index contributed by atoms with van der Waals surface area (Å²) < 4.78 is 0. The number of nitrogens with one attached hydrogen (secondary N) is 1. The molecule has 1 atom stereocenters. The average molecular weight is 472 g/mol. The van der Waals surface area contributed by atoms with E-state index in [9.17, 15) is 9.59 Å². The SMILES string of the molecule is N#Cc1ccc(C(=O)C=C2NC(C(c3ccncc3)c3ccncc3)C(=O)N2c2ccccc2)cc1. The topological polar surface area (TPSA) is 99.0 Å². The number of benzene rings is 2. The molecule has 0 saturated carbocycles. The van der Waals surface area contributed by atoms with Crippen molar-refractivity contribution in [3.05, 3.63) is 138 Å². The van der Waals surface area contributed by atoms with Gasteiger partial charge in [-0.25, -0.2) is 0 Å². The van der Waals surface area contributed by atoms with E-state index in [-0.39, 0.29) is 17.6 Å². The van der Waals surface area contributed by atoms with Gasteiger partial charge in [0, 0.05) is 42.3 Å². The molecular weight excluding hydrogens is 450 g/mol. The summed E-state index contributed by atoms with van der Waals surface area (Å²) in [4.78, 5) is 36.9. The van der Waals surface area contributed by atoms with E-state index < -0.39 is 6.04 Å². The molecular formula is C29H21N5O2. The smallest absolute Gasteiger partial charge is 0.256 e. The van der Waals surface area contributed by atoms with Crippen molar-refractivity contribution < 1.29 is 9.59 Å². The van der Waals surface area contributed by atoms with Crippen molar-refractivity contribution in [2.24, 2.45) is 0 Å². The van der Waals surface area contributed by atoms with Crippen LogP contribution in [0.25, 0.3) is 0 Å². The standard InChI is InChI=1S/C29H21N5O2/c30-19-20-6-8-21(9-7-20)25(35)18-26-33-28(29(36)34(26)24-4-2-1-3-5-24)27(22-10-14-31-15-11-22)23-12-16-32-17-13-23/h1-18,27-28,33H. The van der Waals surface area contributed by atoms with Gasteiger partial charge in [-0.15, -0.1) is 0 Å². The van der Waals surface area contributed by atoms with Crippen LogP contribution in [-0.2, 0) is 4.79 Å². The number of hydrogen-bond donors (Lipinski definition) is 1. The summed E-state index contributed by atoms with van der Waals surface area (Å²) in [6.45, 7) is 0. The van der Waals surface area contributed by atoms with Gasteiger partial charge in [-0.2, -0.15) is 5.26 Å². The fourth-order valence-electron chi connectivity index (χ4n) is 4.35. The van der Waals surface area contributed by atoms with Crippen LogP contribution in [0.3, 0.4) is 0 Å². The Morgan fingerprint density at radius 3 is 2.03 bits per heavy atom. The number of amides is 1. The number of para-hydroxylation sites is 1. The molecule has 4 aromatic rings. The molecule has 0 radical (unpaired) electrons. The molecule has 0 aliphatic carbocycles. The lowest BCUT2D eigenvalue weighted by molar-refractivity contribution is -0.118. The van der Waals surface area contributed by atoms with Crippen LogP contribution in [0.15, 0.2) is 116 Å². The number of nitrogens with zero attached hydrogens (tertiary/aromatic N) is 4. The van der Waals surface area contributed by atoms with Gasteiger partial charge < -0.3 is 5.32 Å². The number of nitriles is 1. The van der Waals surface area contributed by atoms with Crippen molar-refractivity contribution >= 4 is 17.4 Å². The monoisotopic (exact) mass is 471 g/mol. The number of aromatic nitrogens is 2. The minimum absolute atomic E-state index is 0.182. The zero-order valence-electron chi connectivity index (χ0n) is 19.2. The van der Waals surface area contributed by atoms with Crippen LogP contribution in [0.2, 0.25) is 0 Å². The molecule has 2 aromatic carbocycles. The first-order valence-electron chi connectivity index (χ1n) is 11.4. The van der Waals surface area contributed by atoms with Crippen molar-refractivity contribution in [2.75, 3.05) is 4.90 Å². The zero-order valence-corrected chi connectivity index (χ0v) is 19.2. The van der Waals surface area contributed by atoms with E-state index in [4.69, 9.17) is 5.26 Å². The molecule has 1 aliphatic rings. The van der Waals surface area contributed by atoms with Crippen molar-refractivity contribution in [1.29, 1.82) is 5.26 Å². The lowest BCUT2D eigenvalue weighted by Crippen LogP contribution is -2.36. The molecule has 1 N–H and O–H groups in total. The fraction of sp³-hybridized carbons (Fsp3) is 0.0690. The Labute approximate surface area is 208 Å². The maximum atomic E-state index is 13.9. The van der Waals surface area contributed by atoms with Crippen LogP contribution >= 0.6 is 0 Å². The van der Waals surface area contributed by atoms with E-state index in [2.05, 4.69) is 15.3 Å². The fourth-order valence-corrected chi connectivity index (χ4v) is 4.35. The first kappa shape index (κ1) is 22.7. The minimum Gasteiger partial charge on any atom is -0.359 e. The molecule has 36 heavy (non-hydrogen) atoms. The Hall–Kier alpha value is -5.09. The molecule has 5 rings (SSSR count). The molecule has 7 nitrogen and oxygen atoms in total. The average Bonchev–Trinajstić information content (AvgIpc) is 3.25. The lowest BCUT2D eigenvalue weighted by Gasteiger charge is -2.23. The summed E-state index contributed by atoms with van der Waals surface area (Å²) in [5.74, 6) is -0.413. The minimum atomic E-state index is -0.671. The Bertz CT molecular complexity index is 1410. The quantitative estimate of drug-likeness (QED) is 0.334. The molecule has 7 heteroatoms. The Morgan fingerprint density at radius 1 is 0.889 bits per heavy atom.